The fourth-order valence-corrected chi connectivity index (χ4v) is 1.83. The molecule has 0 aliphatic carbocycles. The third kappa shape index (κ3) is 1.82. The monoisotopic (exact) mass is 235 g/mol. The zero-order chi connectivity index (χ0) is 11.7. The van der Waals surface area contributed by atoms with Crippen LogP contribution in [0.5, 0.6) is 0 Å². The highest BCUT2D eigenvalue weighted by Gasteiger charge is 2.11. The highest BCUT2D eigenvalue weighted by atomic mass is 35.5. The van der Waals surface area contributed by atoms with Crippen LogP contribution < -0.4 is 0 Å². The highest BCUT2D eigenvalue weighted by molar-refractivity contribution is 6.30. The Morgan fingerprint density at radius 1 is 1.38 bits per heavy atom. The Bertz CT molecular complexity index is 546. The molecule has 0 spiro atoms. The zero-order valence-electron chi connectivity index (χ0n) is 8.64. The molecule has 3 nitrogen and oxygen atoms in total. The summed E-state index contributed by atoms with van der Waals surface area (Å²) in [5.74, 6) is -0.918. The minimum Gasteiger partial charge on any atom is -0.478 e. The minimum absolute atomic E-state index is 0.306. The smallest absolute Gasteiger partial charge is 0.337 e. The number of benzene rings is 1. The number of hydrogen-bond acceptors (Lipinski definition) is 1. The Morgan fingerprint density at radius 3 is 2.69 bits per heavy atom. The summed E-state index contributed by atoms with van der Waals surface area (Å²) in [6, 6.07) is 8.86. The molecule has 0 bridgehead atoms. The van der Waals surface area contributed by atoms with E-state index in [-0.39, 0.29) is 0 Å². The van der Waals surface area contributed by atoms with Gasteiger partial charge in [-0.1, -0.05) is 17.7 Å². The van der Waals surface area contributed by atoms with Crippen molar-refractivity contribution in [2.45, 2.75) is 6.92 Å². The summed E-state index contributed by atoms with van der Waals surface area (Å²) in [5.41, 5.74) is 1.85. The van der Waals surface area contributed by atoms with Crippen molar-refractivity contribution in [2.24, 2.45) is 0 Å². The van der Waals surface area contributed by atoms with Gasteiger partial charge in [0.1, 0.15) is 0 Å². The van der Waals surface area contributed by atoms with Crippen molar-refractivity contribution >= 4 is 17.6 Å². The van der Waals surface area contributed by atoms with Gasteiger partial charge in [-0.2, -0.15) is 0 Å². The second-order valence-corrected chi connectivity index (χ2v) is 3.91. The van der Waals surface area contributed by atoms with Gasteiger partial charge in [-0.05, 0) is 31.2 Å². The molecular formula is C12H10ClNO2. The van der Waals surface area contributed by atoms with Gasteiger partial charge in [0.2, 0.25) is 0 Å². The van der Waals surface area contributed by atoms with Crippen molar-refractivity contribution < 1.29 is 9.90 Å². The van der Waals surface area contributed by atoms with E-state index < -0.39 is 5.97 Å². The molecule has 0 atom stereocenters. The van der Waals surface area contributed by atoms with Crippen LogP contribution in [0.4, 0.5) is 0 Å². The predicted molar refractivity (Wildman–Crippen MR) is 62.5 cm³/mol. The maximum atomic E-state index is 10.9. The van der Waals surface area contributed by atoms with Crippen LogP contribution in [0.25, 0.3) is 5.69 Å². The molecule has 0 saturated carbocycles. The highest BCUT2D eigenvalue weighted by Crippen LogP contribution is 2.19. The molecule has 4 heteroatoms. The average Bonchev–Trinajstić information content (AvgIpc) is 2.60. The van der Waals surface area contributed by atoms with E-state index >= 15 is 0 Å². The van der Waals surface area contributed by atoms with E-state index in [2.05, 4.69) is 0 Å². The Kier molecular flexibility index (Phi) is 2.71. The summed E-state index contributed by atoms with van der Waals surface area (Å²) in [6.45, 7) is 1.77. The van der Waals surface area contributed by atoms with Gasteiger partial charge in [0.05, 0.1) is 5.56 Å². The molecule has 0 unspecified atom stereocenters. The lowest BCUT2D eigenvalue weighted by Crippen LogP contribution is -2.00. The molecule has 2 rings (SSSR count). The van der Waals surface area contributed by atoms with Crippen molar-refractivity contribution in [3.05, 3.63) is 52.8 Å². The van der Waals surface area contributed by atoms with Gasteiger partial charge in [-0.15, -0.1) is 0 Å². The van der Waals surface area contributed by atoms with Gasteiger partial charge in [0.15, 0.2) is 0 Å². The van der Waals surface area contributed by atoms with E-state index in [0.717, 1.165) is 5.69 Å². The van der Waals surface area contributed by atoms with E-state index in [1.807, 2.05) is 12.1 Å². The van der Waals surface area contributed by atoms with Crippen LogP contribution in [0.2, 0.25) is 5.02 Å². The lowest BCUT2D eigenvalue weighted by atomic mass is 10.2. The number of carbonyl (C=O) groups is 1. The van der Waals surface area contributed by atoms with Crippen LogP contribution in [0, 0.1) is 6.92 Å². The van der Waals surface area contributed by atoms with Gasteiger partial charge in [0.25, 0.3) is 0 Å². The summed E-state index contributed by atoms with van der Waals surface area (Å²) in [5, 5.41) is 9.57. The quantitative estimate of drug-likeness (QED) is 0.869. The molecule has 0 saturated heterocycles. The van der Waals surface area contributed by atoms with Crippen molar-refractivity contribution in [2.75, 3.05) is 0 Å². The minimum atomic E-state index is -0.918. The van der Waals surface area contributed by atoms with E-state index in [4.69, 9.17) is 16.7 Å². The van der Waals surface area contributed by atoms with Crippen molar-refractivity contribution in [1.82, 2.24) is 4.57 Å². The first-order valence-corrected chi connectivity index (χ1v) is 5.14. The summed E-state index contributed by atoms with van der Waals surface area (Å²) >= 11 is 5.89. The summed E-state index contributed by atoms with van der Waals surface area (Å²) in [6.07, 6.45) is 1.73. The third-order valence-corrected chi connectivity index (χ3v) is 2.69. The normalized spacial score (nSPS) is 10.4. The van der Waals surface area contributed by atoms with Gasteiger partial charge in [0, 0.05) is 22.6 Å². The van der Waals surface area contributed by atoms with Gasteiger partial charge in [-0.25, -0.2) is 4.79 Å². The second-order valence-electron chi connectivity index (χ2n) is 3.47. The maximum Gasteiger partial charge on any atom is 0.337 e. The van der Waals surface area contributed by atoms with Crippen LogP contribution in [0.3, 0.4) is 0 Å². The van der Waals surface area contributed by atoms with E-state index in [1.165, 1.54) is 0 Å². The SMILES string of the molecule is Cc1c(C(=O)O)ccn1-c1cccc(Cl)c1. The largest absolute Gasteiger partial charge is 0.478 e. The molecule has 0 radical (unpaired) electrons. The first kappa shape index (κ1) is 10.8. The fraction of sp³-hybridized carbons (Fsp3) is 0.0833. The molecule has 0 amide bonds. The van der Waals surface area contributed by atoms with Crippen LogP contribution in [0.1, 0.15) is 16.1 Å². The van der Waals surface area contributed by atoms with E-state index in [0.29, 0.717) is 16.3 Å². The number of hydrogen-bond donors (Lipinski definition) is 1. The summed E-state index contributed by atoms with van der Waals surface area (Å²) in [7, 11) is 0. The average molecular weight is 236 g/mol. The third-order valence-electron chi connectivity index (χ3n) is 2.46. The topological polar surface area (TPSA) is 42.2 Å². The van der Waals surface area contributed by atoms with Crippen LogP contribution in [0.15, 0.2) is 36.5 Å². The summed E-state index contributed by atoms with van der Waals surface area (Å²) in [4.78, 5) is 10.9. The standard InChI is InChI=1S/C12H10ClNO2/c1-8-11(12(15)16)5-6-14(8)10-4-2-3-9(13)7-10/h2-7H,1H3,(H,15,16). The molecule has 0 aliphatic rings. The van der Waals surface area contributed by atoms with Gasteiger partial charge >= 0.3 is 5.97 Å². The van der Waals surface area contributed by atoms with E-state index in [9.17, 15) is 4.79 Å². The van der Waals surface area contributed by atoms with E-state index in [1.54, 1.807) is 35.9 Å². The lowest BCUT2D eigenvalue weighted by Gasteiger charge is -2.06. The zero-order valence-corrected chi connectivity index (χ0v) is 9.40. The number of aromatic nitrogens is 1. The van der Waals surface area contributed by atoms with Gasteiger partial charge in [-0.3, -0.25) is 0 Å². The molecule has 1 N–H and O–H groups in total. The molecular weight excluding hydrogens is 226 g/mol. The first-order chi connectivity index (χ1) is 7.59. The van der Waals surface area contributed by atoms with Crippen molar-refractivity contribution in [3.63, 3.8) is 0 Å². The molecule has 2 aromatic rings. The number of aromatic carboxylic acids is 1. The lowest BCUT2D eigenvalue weighted by molar-refractivity contribution is 0.0696. The van der Waals surface area contributed by atoms with Crippen molar-refractivity contribution in [3.8, 4) is 5.69 Å². The Balaban J connectivity index is 2.53. The molecule has 1 aromatic heterocycles. The Hall–Kier alpha value is -1.74. The number of halogens is 1. The number of carboxylic acid groups (broad SMARTS) is 1. The molecule has 82 valence electrons. The predicted octanol–water partition coefficient (Wildman–Crippen LogP) is 3.14. The molecule has 1 heterocycles. The first-order valence-electron chi connectivity index (χ1n) is 4.77. The number of carboxylic acids is 1. The van der Waals surface area contributed by atoms with Crippen LogP contribution in [-0.2, 0) is 0 Å². The number of nitrogens with zero attached hydrogens (tertiary/aromatic N) is 1. The second kappa shape index (κ2) is 4.02. The van der Waals surface area contributed by atoms with Crippen LogP contribution in [-0.4, -0.2) is 15.6 Å². The fourth-order valence-electron chi connectivity index (χ4n) is 1.64. The Morgan fingerprint density at radius 2 is 2.12 bits per heavy atom. The molecule has 16 heavy (non-hydrogen) atoms. The molecule has 0 fully saturated rings. The molecule has 0 aliphatic heterocycles. The number of rotatable bonds is 2. The Labute approximate surface area is 97.9 Å². The van der Waals surface area contributed by atoms with Crippen LogP contribution >= 0.6 is 11.6 Å². The van der Waals surface area contributed by atoms with Gasteiger partial charge < -0.3 is 9.67 Å². The van der Waals surface area contributed by atoms with Crippen molar-refractivity contribution in [1.29, 1.82) is 0 Å². The molecule has 1 aromatic carbocycles. The maximum absolute atomic E-state index is 10.9. The summed E-state index contributed by atoms with van der Waals surface area (Å²) < 4.78 is 1.80.